The first-order chi connectivity index (χ1) is 8.17. The Morgan fingerprint density at radius 3 is 3.00 bits per heavy atom. The van der Waals surface area contributed by atoms with E-state index in [4.69, 9.17) is 0 Å². The van der Waals surface area contributed by atoms with Gasteiger partial charge in [0, 0.05) is 11.4 Å². The Bertz CT molecular complexity index is 428. The molecule has 6 nitrogen and oxygen atoms in total. The van der Waals surface area contributed by atoms with E-state index in [2.05, 4.69) is 20.4 Å². The van der Waals surface area contributed by atoms with E-state index in [1.54, 1.807) is 5.38 Å². The third kappa shape index (κ3) is 3.70. The largest absolute Gasteiger partial charge is 0.453 e. The van der Waals surface area contributed by atoms with E-state index in [9.17, 15) is 9.59 Å². The van der Waals surface area contributed by atoms with Crippen LogP contribution in [0, 0.1) is 0 Å². The van der Waals surface area contributed by atoms with E-state index in [0.717, 1.165) is 12.8 Å². The fraction of sp³-hybridized carbons (Fsp3) is 0.500. The van der Waals surface area contributed by atoms with Gasteiger partial charge in [-0.25, -0.2) is 9.78 Å². The van der Waals surface area contributed by atoms with Gasteiger partial charge in [-0.05, 0) is 12.8 Å². The summed E-state index contributed by atoms with van der Waals surface area (Å²) in [6.07, 6.45) is 1.82. The second kappa shape index (κ2) is 5.13. The summed E-state index contributed by atoms with van der Waals surface area (Å²) in [7, 11) is 1.28. The van der Waals surface area contributed by atoms with Crippen molar-refractivity contribution in [1.82, 2.24) is 10.3 Å². The summed E-state index contributed by atoms with van der Waals surface area (Å²) in [5.74, 6) is -0.0255. The number of methoxy groups -OCH3 is 1. The molecule has 0 saturated heterocycles. The zero-order valence-corrected chi connectivity index (χ0v) is 10.2. The highest BCUT2D eigenvalue weighted by Crippen LogP contribution is 2.19. The lowest BCUT2D eigenvalue weighted by atomic mass is 10.3. The molecule has 1 fully saturated rings. The van der Waals surface area contributed by atoms with Crippen LogP contribution in [0.15, 0.2) is 5.38 Å². The molecule has 0 spiro atoms. The summed E-state index contributed by atoms with van der Waals surface area (Å²) in [5, 5.41) is 7.51. The highest BCUT2D eigenvalue weighted by Gasteiger charge is 2.23. The molecule has 7 heteroatoms. The Kier molecular flexibility index (Phi) is 3.58. The maximum Gasteiger partial charge on any atom is 0.413 e. The molecule has 2 N–H and O–H groups in total. The Hall–Kier alpha value is -1.63. The fourth-order valence-electron chi connectivity index (χ4n) is 1.25. The molecule has 0 atom stereocenters. The molecule has 0 aromatic carbocycles. The highest BCUT2D eigenvalue weighted by atomic mass is 32.1. The van der Waals surface area contributed by atoms with Crippen LogP contribution in [0.2, 0.25) is 0 Å². The average Bonchev–Trinajstić information content (AvgIpc) is 2.99. The minimum Gasteiger partial charge on any atom is -0.453 e. The highest BCUT2D eigenvalue weighted by molar-refractivity contribution is 7.13. The zero-order chi connectivity index (χ0) is 12.3. The van der Waals surface area contributed by atoms with Crippen molar-refractivity contribution in [2.24, 2.45) is 0 Å². The van der Waals surface area contributed by atoms with Crippen molar-refractivity contribution in [2.45, 2.75) is 25.3 Å². The molecule has 2 rings (SSSR count). The van der Waals surface area contributed by atoms with Gasteiger partial charge in [-0.1, -0.05) is 0 Å². The number of carbonyl (C=O) groups is 2. The van der Waals surface area contributed by atoms with Gasteiger partial charge in [-0.2, -0.15) is 0 Å². The summed E-state index contributed by atoms with van der Waals surface area (Å²) < 4.78 is 4.44. The number of thiazole rings is 1. The number of rotatable bonds is 4. The van der Waals surface area contributed by atoms with Crippen LogP contribution in [0.1, 0.15) is 18.5 Å². The lowest BCUT2D eigenvalue weighted by Crippen LogP contribution is -2.27. The van der Waals surface area contributed by atoms with Crippen molar-refractivity contribution in [3.8, 4) is 0 Å². The van der Waals surface area contributed by atoms with Crippen LogP contribution < -0.4 is 10.6 Å². The first kappa shape index (κ1) is 11.8. The van der Waals surface area contributed by atoms with E-state index >= 15 is 0 Å². The molecule has 2 amide bonds. The van der Waals surface area contributed by atoms with Crippen LogP contribution in [-0.2, 0) is 16.0 Å². The van der Waals surface area contributed by atoms with Crippen LogP contribution in [0.3, 0.4) is 0 Å². The Labute approximate surface area is 102 Å². The van der Waals surface area contributed by atoms with Crippen molar-refractivity contribution in [3.05, 3.63) is 11.1 Å². The number of ether oxygens (including phenoxy) is 1. The summed E-state index contributed by atoms with van der Waals surface area (Å²) in [6, 6.07) is 0.355. The number of aromatic nitrogens is 1. The molecule has 0 radical (unpaired) electrons. The predicted octanol–water partition coefficient (Wildman–Crippen LogP) is 1.14. The summed E-state index contributed by atoms with van der Waals surface area (Å²) in [6.45, 7) is 0. The van der Waals surface area contributed by atoms with Crippen LogP contribution >= 0.6 is 11.3 Å². The predicted molar refractivity (Wildman–Crippen MR) is 63.0 cm³/mol. The Morgan fingerprint density at radius 2 is 2.35 bits per heavy atom. The number of nitrogens with zero attached hydrogens (tertiary/aromatic N) is 1. The molecular weight excluding hydrogens is 242 g/mol. The molecule has 1 aliphatic rings. The zero-order valence-electron chi connectivity index (χ0n) is 9.36. The normalized spacial score (nSPS) is 14.2. The molecule has 0 aliphatic heterocycles. The standard InChI is InChI=1S/C10H13N3O3S/c1-16-10(15)13-9-12-7(5-17-9)4-8(14)11-6-2-3-6/h5-6H,2-4H2,1H3,(H,11,14)(H,12,13,15). The number of anilines is 1. The van der Waals surface area contributed by atoms with Gasteiger partial charge in [0.2, 0.25) is 5.91 Å². The molecule has 17 heavy (non-hydrogen) atoms. The van der Waals surface area contributed by atoms with Gasteiger partial charge < -0.3 is 10.1 Å². The molecule has 92 valence electrons. The van der Waals surface area contributed by atoms with Crippen molar-refractivity contribution in [2.75, 3.05) is 12.4 Å². The second-order valence-corrected chi connectivity index (χ2v) is 4.64. The number of amides is 2. The summed E-state index contributed by atoms with van der Waals surface area (Å²) >= 11 is 1.27. The molecular formula is C10H13N3O3S. The lowest BCUT2D eigenvalue weighted by molar-refractivity contribution is -0.120. The minimum absolute atomic E-state index is 0.0255. The van der Waals surface area contributed by atoms with Gasteiger partial charge in [0.25, 0.3) is 0 Å². The first-order valence-electron chi connectivity index (χ1n) is 5.26. The van der Waals surface area contributed by atoms with Crippen LogP contribution in [0.5, 0.6) is 0 Å². The summed E-state index contributed by atoms with van der Waals surface area (Å²) in [5.41, 5.74) is 0.652. The van der Waals surface area contributed by atoms with Gasteiger partial charge in [-0.15, -0.1) is 11.3 Å². The van der Waals surface area contributed by atoms with E-state index in [0.29, 0.717) is 16.9 Å². The number of carbonyl (C=O) groups excluding carboxylic acids is 2. The molecule has 1 heterocycles. The molecule has 0 unspecified atom stereocenters. The quantitative estimate of drug-likeness (QED) is 0.845. The third-order valence-electron chi connectivity index (χ3n) is 2.23. The minimum atomic E-state index is -0.562. The topological polar surface area (TPSA) is 80.3 Å². The molecule has 0 bridgehead atoms. The number of hydrogen-bond donors (Lipinski definition) is 2. The van der Waals surface area contributed by atoms with Crippen molar-refractivity contribution in [3.63, 3.8) is 0 Å². The van der Waals surface area contributed by atoms with Gasteiger partial charge in [0.15, 0.2) is 5.13 Å². The van der Waals surface area contributed by atoms with E-state index in [1.165, 1.54) is 18.4 Å². The van der Waals surface area contributed by atoms with Crippen LogP contribution in [-0.4, -0.2) is 30.1 Å². The molecule has 1 aliphatic carbocycles. The van der Waals surface area contributed by atoms with Crippen molar-refractivity contribution < 1.29 is 14.3 Å². The molecule has 1 aromatic rings. The van der Waals surface area contributed by atoms with Gasteiger partial charge in [-0.3, -0.25) is 10.1 Å². The Balaban J connectivity index is 1.84. The maximum atomic E-state index is 11.5. The molecule has 1 saturated carbocycles. The second-order valence-electron chi connectivity index (χ2n) is 3.78. The third-order valence-corrected chi connectivity index (χ3v) is 3.04. The fourth-order valence-corrected chi connectivity index (χ4v) is 1.95. The maximum absolute atomic E-state index is 11.5. The van der Waals surface area contributed by atoms with Gasteiger partial charge >= 0.3 is 6.09 Å². The van der Waals surface area contributed by atoms with E-state index < -0.39 is 6.09 Å². The summed E-state index contributed by atoms with van der Waals surface area (Å²) in [4.78, 5) is 26.5. The van der Waals surface area contributed by atoms with Gasteiger partial charge in [0.1, 0.15) is 0 Å². The van der Waals surface area contributed by atoms with Crippen molar-refractivity contribution >= 4 is 28.5 Å². The van der Waals surface area contributed by atoms with Gasteiger partial charge in [0.05, 0.1) is 19.2 Å². The van der Waals surface area contributed by atoms with Crippen molar-refractivity contribution in [1.29, 1.82) is 0 Å². The lowest BCUT2D eigenvalue weighted by Gasteiger charge is -2.00. The molecule has 1 aromatic heterocycles. The smallest absolute Gasteiger partial charge is 0.413 e. The first-order valence-corrected chi connectivity index (χ1v) is 6.14. The van der Waals surface area contributed by atoms with Crippen LogP contribution in [0.25, 0.3) is 0 Å². The number of hydrogen-bond acceptors (Lipinski definition) is 5. The van der Waals surface area contributed by atoms with Crippen LogP contribution in [0.4, 0.5) is 9.93 Å². The SMILES string of the molecule is COC(=O)Nc1nc(CC(=O)NC2CC2)cs1. The van der Waals surface area contributed by atoms with E-state index in [1.807, 2.05) is 0 Å². The van der Waals surface area contributed by atoms with E-state index in [-0.39, 0.29) is 12.3 Å². The Morgan fingerprint density at radius 1 is 1.59 bits per heavy atom. The average molecular weight is 255 g/mol. The number of nitrogens with one attached hydrogen (secondary N) is 2. The monoisotopic (exact) mass is 255 g/mol.